The Morgan fingerprint density at radius 2 is 2.04 bits per heavy atom. The molecule has 0 bridgehead atoms. The molecule has 1 aliphatic heterocycles. The number of hydrogen-bond acceptors (Lipinski definition) is 6. The Labute approximate surface area is 147 Å². The monoisotopic (exact) mass is 371 g/mol. The predicted octanol–water partition coefficient (Wildman–Crippen LogP) is 2.53. The Balaban J connectivity index is 1.46. The third kappa shape index (κ3) is 3.75. The van der Waals surface area contributed by atoms with E-state index in [1.807, 2.05) is 0 Å². The van der Waals surface area contributed by atoms with Gasteiger partial charge in [0.2, 0.25) is 0 Å². The molecular weight excluding hydrogens is 351 g/mol. The molecule has 1 aliphatic carbocycles. The lowest BCUT2D eigenvalue weighted by Crippen LogP contribution is -2.47. The van der Waals surface area contributed by atoms with Crippen molar-refractivity contribution in [3.05, 3.63) is 12.5 Å². The summed E-state index contributed by atoms with van der Waals surface area (Å²) in [6, 6.07) is 0.176. The second-order valence-electron chi connectivity index (χ2n) is 6.90. The third-order valence-corrected chi connectivity index (χ3v) is 4.94. The van der Waals surface area contributed by atoms with Gasteiger partial charge in [-0.05, 0) is 25.7 Å². The van der Waals surface area contributed by atoms with Crippen LogP contribution in [0.5, 0.6) is 0 Å². The predicted molar refractivity (Wildman–Crippen MR) is 86.8 cm³/mol. The van der Waals surface area contributed by atoms with Crippen LogP contribution in [0.25, 0.3) is 11.0 Å². The number of alkyl halides is 3. The maximum absolute atomic E-state index is 12.6. The van der Waals surface area contributed by atoms with E-state index in [9.17, 15) is 13.2 Å². The molecule has 2 aliphatic rings. The zero-order chi connectivity index (χ0) is 18.2. The molecule has 10 heteroatoms. The van der Waals surface area contributed by atoms with E-state index >= 15 is 0 Å². The first-order valence-corrected chi connectivity index (χ1v) is 8.66. The van der Waals surface area contributed by atoms with Gasteiger partial charge in [-0.15, -0.1) is 0 Å². The third-order valence-electron chi connectivity index (χ3n) is 4.94. The fraction of sp³-hybridized carbons (Fsp3) is 0.688. The summed E-state index contributed by atoms with van der Waals surface area (Å²) in [4.78, 5) is 8.17. The number of rotatable bonds is 3. The Morgan fingerprint density at radius 1 is 1.23 bits per heavy atom. The maximum atomic E-state index is 12.6. The summed E-state index contributed by atoms with van der Waals surface area (Å²) in [5, 5.41) is 7.72. The lowest BCUT2D eigenvalue weighted by atomic mass is 9.82. The molecule has 4 rings (SSSR count). The smallest absolute Gasteiger partial charge is 0.376 e. The molecule has 142 valence electrons. The van der Waals surface area contributed by atoms with Crippen LogP contribution in [0.15, 0.2) is 12.5 Å². The van der Waals surface area contributed by atoms with E-state index in [1.165, 1.54) is 12.5 Å². The first-order valence-electron chi connectivity index (χ1n) is 8.66. The van der Waals surface area contributed by atoms with Gasteiger partial charge in [0.1, 0.15) is 18.7 Å². The molecule has 0 aromatic carbocycles. The van der Waals surface area contributed by atoms with Crippen molar-refractivity contribution in [2.24, 2.45) is 0 Å². The Bertz CT molecular complexity index is 763. The maximum Gasteiger partial charge on any atom is 0.408 e. The van der Waals surface area contributed by atoms with Gasteiger partial charge in [-0.1, -0.05) is 0 Å². The van der Waals surface area contributed by atoms with Crippen molar-refractivity contribution < 1.29 is 22.6 Å². The second kappa shape index (κ2) is 6.66. The van der Waals surface area contributed by atoms with Gasteiger partial charge in [-0.25, -0.2) is 9.97 Å². The molecule has 7 nitrogen and oxygen atoms in total. The summed E-state index contributed by atoms with van der Waals surface area (Å²) < 4.78 is 50.1. The molecule has 0 radical (unpaired) electrons. The topological polar surface area (TPSA) is 74.1 Å². The van der Waals surface area contributed by atoms with Gasteiger partial charge in [0.25, 0.3) is 0 Å². The molecule has 2 aromatic rings. The van der Waals surface area contributed by atoms with Crippen molar-refractivity contribution in [3.63, 3.8) is 0 Å². The average Bonchev–Trinajstić information content (AvgIpc) is 2.99. The van der Waals surface area contributed by atoms with E-state index in [-0.39, 0.29) is 17.3 Å². The van der Waals surface area contributed by atoms with Crippen molar-refractivity contribution in [1.29, 1.82) is 0 Å². The summed E-state index contributed by atoms with van der Waals surface area (Å²) in [6.45, 7) is 0.751. The normalized spacial score (nSPS) is 27.1. The Kier molecular flexibility index (Phi) is 4.47. The number of anilines is 1. The molecule has 26 heavy (non-hydrogen) atoms. The number of halogens is 3. The molecule has 0 atom stereocenters. The van der Waals surface area contributed by atoms with E-state index < -0.39 is 12.7 Å². The molecule has 3 heterocycles. The molecule has 1 N–H and O–H groups in total. The minimum absolute atomic E-state index is 0.176. The van der Waals surface area contributed by atoms with Crippen molar-refractivity contribution >= 4 is 16.9 Å². The summed E-state index contributed by atoms with van der Waals surface area (Å²) in [5.74, 6) is 0.519. The SMILES string of the molecule is FC(F)(F)Cn1cc2c(NC3CCC4(CC3)COCCO4)ncnc2n1. The Morgan fingerprint density at radius 3 is 2.73 bits per heavy atom. The minimum atomic E-state index is -4.33. The van der Waals surface area contributed by atoms with Crippen molar-refractivity contribution in [3.8, 4) is 0 Å². The fourth-order valence-corrected chi connectivity index (χ4v) is 3.65. The highest BCUT2D eigenvalue weighted by atomic mass is 19.4. The molecule has 0 amide bonds. The Hall–Kier alpha value is -1.94. The van der Waals surface area contributed by atoms with Gasteiger partial charge < -0.3 is 14.8 Å². The van der Waals surface area contributed by atoms with E-state index in [2.05, 4.69) is 20.4 Å². The van der Waals surface area contributed by atoms with Crippen LogP contribution in [0.1, 0.15) is 25.7 Å². The number of aromatic nitrogens is 4. The number of nitrogens with zero attached hydrogens (tertiary/aromatic N) is 4. The van der Waals surface area contributed by atoms with E-state index in [1.54, 1.807) is 0 Å². The van der Waals surface area contributed by atoms with Crippen LogP contribution in [0.3, 0.4) is 0 Å². The first-order chi connectivity index (χ1) is 12.4. The number of ether oxygens (including phenoxy) is 2. The zero-order valence-corrected chi connectivity index (χ0v) is 14.1. The fourth-order valence-electron chi connectivity index (χ4n) is 3.65. The average molecular weight is 371 g/mol. The summed E-state index contributed by atoms with van der Waals surface area (Å²) in [7, 11) is 0. The van der Waals surface area contributed by atoms with Crippen LogP contribution in [-0.2, 0) is 16.0 Å². The molecule has 1 saturated heterocycles. The second-order valence-corrected chi connectivity index (χ2v) is 6.90. The molecule has 1 saturated carbocycles. The van der Waals surface area contributed by atoms with Crippen LogP contribution in [0, 0.1) is 0 Å². The van der Waals surface area contributed by atoms with Crippen LogP contribution >= 0.6 is 0 Å². The molecule has 1 spiro atoms. The van der Waals surface area contributed by atoms with Crippen LogP contribution in [-0.4, -0.2) is 57.4 Å². The lowest BCUT2D eigenvalue weighted by Gasteiger charge is -2.42. The van der Waals surface area contributed by atoms with Gasteiger partial charge >= 0.3 is 6.18 Å². The summed E-state index contributed by atoms with van der Waals surface area (Å²) in [5.41, 5.74) is 0.0673. The zero-order valence-electron chi connectivity index (χ0n) is 14.1. The number of nitrogens with one attached hydrogen (secondary N) is 1. The van der Waals surface area contributed by atoms with Gasteiger partial charge in [-0.3, -0.25) is 4.68 Å². The number of fused-ring (bicyclic) bond motifs is 1. The largest absolute Gasteiger partial charge is 0.408 e. The summed E-state index contributed by atoms with van der Waals surface area (Å²) in [6.07, 6.45) is 1.85. The van der Waals surface area contributed by atoms with Crippen LogP contribution in [0.2, 0.25) is 0 Å². The summed E-state index contributed by atoms with van der Waals surface area (Å²) >= 11 is 0. The minimum Gasteiger partial charge on any atom is -0.376 e. The highest BCUT2D eigenvalue weighted by Crippen LogP contribution is 2.35. The van der Waals surface area contributed by atoms with Crippen LogP contribution < -0.4 is 5.32 Å². The first kappa shape index (κ1) is 17.5. The molecule has 0 unspecified atom stereocenters. The van der Waals surface area contributed by atoms with Crippen molar-refractivity contribution in [2.45, 2.75) is 50.0 Å². The van der Waals surface area contributed by atoms with Crippen molar-refractivity contribution in [1.82, 2.24) is 19.7 Å². The standard InChI is InChI=1S/C16H20F3N5O2/c17-16(18,19)8-24-7-12-13(20-10-21-14(12)23-24)22-11-1-3-15(4-2-11)9-25-5-6-26-15/h7,10-11H,1-6,8-9H2,(H,20,21,22,23). The van der Waals surface area contributed by atoms with Gasteiger partial charge in [0, 0.05) is 12.2 Å². The highest BCUT2D eigenvalue weighted by molar-refractivity contribution is 5.85. The lowest BCUT2D eigenvalue weighted by molar-refractivity contribution is -0.171. The van der Waals surface area contributed by atoms with E-state index in [4.69, 9.17) is 9.47 Å². The van der Waals surface area contributed by atoms with Gasteiger partial charge in [0.15, 0.2) is 5.65 Å². The number of hydrogen-bond donors (Lipinski definition) is 1. The van der Waals surface area contributed by atoms with E-state index in [0.717, 1.165) is 30.4 Å². The van der Waals surface area contributed by atoms with Crippen LogP contribution in [0.4, 0.5) is 19.0 Å². The molecule has 2 aromatic heterocycles. The van der Waals surface area contributed by atoms with Crippen molar-refractivity contribution in [2.75, 3.05) is 25.1 Å². The molecular formula is C16H20F3N5O2. The molecule has 2 fully saturated rings. The van der Waals surface area contributed by atoms with E-state index in [0.29, 0.717) is 31.0 Å². The van der Waals surface area contributed by atoms with Gasteiger partial charge in [-0.2, -0.15) is 18.3 Å². The highest BCUT2D eigenvalue weighted by Gasteiger charge is 2.38. The van der Waals surface area contributed by atoms with Gasteiger partial charge in [0.05, 0.1) is 30.8 Å². The quantitative estimate of drug-likeness (QED) is 0.894.